The average molecular weight is 442 g/mol. The number of phenols is 1. The topological polar surface area (TPSA) is 103 Å². The smallest absolute Gasteiger partial charge is 0.337 e. The van der Waals surface area contributed by atoms with Crippen molar-refractivity contribution >= 4 is 22.9 Å². The first-order valence-electron chi connectivity index (χ1n) is 10.2. The predicted octanol–water partition coefficient (Wildman–Crippen LogP) is 4.39. The van der Waals surface area contributed by atoms with Crippen LogP contribution >= 0.6 is 0 Å². The maximum atomic E-state index is 13.3. The lowest BCUT2D eigenvalue weighted by atomic mass is 9.84. The number of hydrogen-bond donors (Lipinski definition) is 1. The molecule has 7 nitrogen and oxygen atoms in total. The van der Waals surface area contributed by atoms with E-state index in [2.05, 4.69) is 0 Å². The lowest BCUT2D eigenvalue weighted by molar-refractivity contribution is -0.135. The number of methoxy groups -OCH3 is 1. The van der Waals surface area contributed by atoms with Gasteiger partial charge in [-0.3, -0.25) is 9.59 Å². The molecular formula is C26H18O7. The molecule has 4 aromatic rings. The molecule has 2 heterocycles. The third kappa shape index (κ3) is 3.43. The quantitative estimate of drug-likeness (QED) is 0.371. The molecular weight excluding hydrogens is 424 g/mol. The second kappa shape index (κ2) is 7.94. The van der Waals surface area contributed by atoms with E-state index < -0.39 is 17.9 Å². The van der Waals surface area contributed by atoms with E-state index in [4.69, 9.17) is 13.9 Å². The first kappa shape index (κ1) is 20.5. The van der Waals surface area contributed by atoms with Gasteiger partial charge in [-0.25, -0.2) is 4.79 Å². The van der Waals surface area contributed by atoms with Crippen molar-refractivity contribution in [3.63, 3.8) is 0 Å². The summed E-state index contributed by atoms with van der Waals surface area (Å²) in [6.45, 7) is 0. The Morgan fingerprint density at radius 2 is 1.79 bits per heavy atom. The van der Waals surface area contributed by atoms with Gasteiger partial charge in [-0.2, -0.15) is 0 Å². The van der Waals surface area contributed by atoms with Crippen molar-refractivity contribution in [3.05, 3.63) is 93.8 Å². The van der Waals surface area contributed by atoms with Gasteiger partial charge in [-0.1, -0.05) is 42.5 Å². The number of benzene rings is 3. The summed E-state index contributed by atoms with van der Waals surface area (Å²) in [7, 11) is 1.30. The summed E-state index contributed by atoms with van der Waals surface area (Å²) in [5.41, 5.74) is 2.32. The van der Waals surface area contributed by atoms with Crippen molar-refractivity contribution in [1.29, 1.82) is 0 Å². The maximum absolute atomic E-state index is 13.3. The molecule has 0 saturated heterocycles. The second-order valence-corrected chi connectivity index (χ2v) is 7.70. The van der Waals surface area contributed by atoms with Crippen LogP contribution in [0.3, 0.4) is 0 Å². The van der Waals surface area contributed by atoms with Crippen LogP contribution in [0.15, 0.2) is 76.1 Å². The average Bonchev–Trinajstić information content (AvgIpc) is 2.83. The summed E-state index contributed by atoms with van der Waals surface area (Å²) >= 11 is 0. The Morgan fingerprint density at radius 1 is 1.06 bits per heavy atom. The van der Waals surface area contributed by atoms with Crippen LogP contribution in [0.1, 0.15) is 33.8 Å². The molecule has 7 heteroatoms. The van der Waals surface area contributed by atoms with E-state index in [0.717, 1.165) is 5.56 Å². The highest BCUT2D eigenvalue weighted by molar-refractivity contribution is 5.94. The van der Waals surface area contributed by atoms with Gasteiger partial charge >= 0.3 is 11.9 Å². The fourth-order valence-corrected chi connectivity index (χ4v) is 4.20. The first-order valence-corrected chi connectivity index (χ1v) is 10.2. The highest BCUT2D eigenvalue weighted by atomic mass is 16.5. The number of hydrogen-bond acceptors (Lipinski definition) is 7. The molecule has 0 saturated carbocycles. The van der Waals surface area contributed by atoms with Crippen LogP contribution in [-0.4, -0.2) is 24.2 Å². The molecule has 0 fully saturated rings. The number of aromatic hydroxyl groups is 1. The van der Waals surface area contributed by atoms with Crippen LogP contribution in [0.4, 0.5) is 0 Å². The third-order valence-corrected chi connectivity index (χ3v) is 5.79. The molecule has 1 unspecified atom stereocenters. The summed E-state index contributed by atoms with van der Waals surface area (Å²) in [6, 6.07) is 16.9. The highest BCUT2D eigenvalue weighted by Gasteiger charge is 2.33. The van der Waals surface area contributed by atoms with E-state index in [9.17, 15) is 19.5 Å². The minimum absolute atomic E-state index is 0.00853. The molecule has 1 atom stereocenters. The Labute approximate surface area is 187 Å². The molecule has 33 heavy (non-hydrogen) atoms. The zero-order valence-corrected chi connectivity index (χ0v) is 17.5. The standard InChI is InChI=1S/C26H18O7/c1-31-26(30)16-9-7-15(8-10-16)17-11-21(28)33-20-12-19(27)23-24(29)18(13-32-25(23)22(17)20)14-5-3-2-4-6-14/h2-10,12-13,17,27H,11H2,1H3. The van der Waals surface area contributed by atoms with Gasteiger partial charge in [-0.15, -0.1) is 0 Å². The third-order valence-electron chi connectivity index (χ3n) is 5.79. The number of carbonyl (C=O) groups excluding carboxylic acids is 2. The lowest BCUT2D eigenvalue weighted by Gasteiger charge is -2.26. The molecule has 0 bridgehead atoms. The Kier molecular flexibility index (Phi) is 4.94. The van der Waals surface area contributed by atoms with Gasteiger partial charge in [0.2, 0.25) is 5.43 Å². The molecule has 164 valence electrons. The molecule has 5 rings (SSSR count). The van der Waals surface area contributed by atoms with Crippen LogP contribution < -0.4 is 10.2 Å². The summed E-state index contributed by atoms with van der Waals surface area (Å²) in [4.78, 5) is 37.4. The number of ether oxygens (including phenoxy) is 2. The maximum Gasteiger partial charge on any atom is 0.337 e. The molecule has 0 spiro atoms. The summed E-state index contributed by atoms with van der Waals surface area (Å²) < 4.78 is 16.0. The zero-order chi connectivity index (χ0) is 23.1. The van der Waals surface area contributed by atoms with Gasteiger partial charge in [0.05, 0.1) is 24.7 Å². The van der Waals surface area contributed by atoms with E-state index in [1.807, 2.05) is 6.07 Å². The van der Waals surface area contributed by atoms with Crippen molar-refractivity contribution < 1.29 is 28.6 Å². The largest absolute Gasteiger partial charge is 0.507 e. The highest BCUT2D eigenvalue weighted by Crippen LogP contribution is 2.45. The molecule has 1 aliphatic heterocycles. The lowest BCUT2D eigenvalue weighted by Crippen LogP contribution is -2.22. The molecule has 0 radical (unpaired) electrons. The molecule has 0 amide bonds. The van der Waals surface area contributed by atoms with Crippen molar-refractivity contribution in [3.8, 4) is 22.6 Å². The van der Waals surface area contributed by atoms with Crippen LogP contribution in [0, 0.1) is 0 Å². The van der Waals surface area contributed by atoms with Gasteiger partial charge in [0.15, 0.2) is 0 Å². The number of rotatable bonds is 3. The fraction of sp³-hybridized carbons (Fsp3) is 0.115. The SMILES string of the molecule is COC(=O)c1ccc(C2CC(=O)Oc3cc(O)c4c(=O)c(-c5ccccc5)coc4c32)cc1. The normalized spacial score (nSPS) is 15.1. The zero-order valence-electron chi connectivity index (χ0n) is 17.5. The fourth-order valence-electron chi connectivity index (χ4n) is 4.20. The summed E-state index contributed by atoms with van der Waals surface area (Å²) in [5.74, 6) is -1.65. The Morgan fingerprint density at radius 3 is 2.48 bits per heavy atom. The number of fused-ring (bicyclic) bond motifs is 3. The molecule has 1 aliphatic rings. The van der Waals surface area contributed by atoms with E-state index >= 15 is 0 Å². The van der Waals surface area contributed by atoms with Crippen molar-refractivity contribution in [2.45, 2.75) is 12.3 Å². The Hall–Kier alpha value is -4.39. The first-order chi connectivity index (χ1) is 16.0. The Bertz CT molecular complexity index is 1450. The van der Waals surface area contributed by atoms with Gasteiger partial charge in [0, 0.05) is 17.5 Å². The van der Waals surface area contributed by atoms with E-state index in [-0.39, 0.29) is 34.3 Å². The molecule has 1 aromatic heterocycles. The minimum Gasteiger partial charge on any atom is -0.507 e. The predicted molar refractivity (Wildman–Crippen MR) is 119 cm³/mol. The Balaban J connectivity index is 1.71. The van der Waals surface area contributed by atoms with Crippen molar-refractivity contribution in [2.75, 3.05) is 7.11 Å². The van der Waals surface area contributed by atoms with Crippen LogP contribution in [0.2, 0.25) is 0 Å². The van der Waals surface area contributed by atoms with Gasteiger partial charge in [0.25, 0.3) is 0 Å². The number of carbonyl (C=O) groups is 2. The van der Waals surface area contributed by atoms with E-state index in [1.165, 1.54) is 19.4 Å². The van der Waals surface area contributed by atoms with Crippen LogP contribution in [-0.2, 0) is 9.53 Å². The summed E-state index contributed by atoms with van der Waals surface area (Å²) in [5, 5.41) is 10.7. The van der Waals surface area contributed by atoms with Crippen molar-refractivity contribution in [1.82, 2.24) is 0 Å². The van der Waals surface area contributed by atoms with E-state index in [1.54, 1.807) is 48.5 Å². The molecule has 1 N–H and O–H groups in total. The monoisotopic (exact) mass is 442 g/mol. The van der Waals surface area contributed by atoms with Gasteiger partial charge in [-0.05, 0) is 23.3 Å². The number of phenolic OH excluding ortho intramolecular Hbond substituents is 1. The molecule has 0 aliphatic carbocycles. The summed E-state index contributed by atoms with van der Waals surface area (Å²) in [6.07, 6.45) is 1.36. The van der Waals surface area contributed by atoms with Crippen molar-refractivity contribution in [2.24, 2.45) is 0 Å². The van der Waals surface area contributed by atoms with E-state index in [0.29, 0.717) is 22.3 Å². The van der Waals surface area contributed by atoms with Gasteiger partial charge < -0.3 is 19.0 Å². The second-order valence-electron chi connectivity index (χ2n) is 7.70. The van der Waals surface area contributed by atoms with Crippen LogP contribution in [0.25, 0.3) is 22.1 Å². The number of esters is 2. The molecule has 3 aromatic carbocycles. The van der Waals surface area contributed by atoms with Crippen LogP contribution in [0.5, 0.6) is 11.5 Å². The van der Waals surface area contributed by atoms with Gasteiger partial charge in [0.1, 0.15) is 28.7 Å². The minimum atomic E-state index is -0.498.